The average molecular weight is 255 g/mol. The Kier molecular flexibility index (Phi) is 4.99. The standard InChI is InChI=1S/C7H10N4O2.2ClH/c1-10-3-6-9-8-4-11(6)2-5(10)7(12)13;;/h4-5H,2-3H2,1H3,(H,12,13);2*1H. The fraction of sp³-hybridized carbons (Fsp3) is 0.571. The Balaban J connectivity index is 0.000000980. The molecule has 1 unspecified atom stereocenters. The van der Waals surface area contributed by atoms with Crippen LogP contribution in [-0.2, 0) is 17.9 Å². The molecule has 1 aliphatic rings. The van der Waals surface area contributed by atoms with Crippen LogP contribution in [-0.4, -0.2) is 43.8 Å². The Morgan fingerprint density at radius 3 is 2.87 bits per heavy atom. The van der Waals surface area contributed by atoms with E-state index in [1.165, 1.54) is 0 Å². The van der Waals surface area contributed by atoms with Crippen LogP contribution in [0.15, 0.2) is 6.33 Å². The summed E-state index contributed by atoms with van der Waals surface area (Å²) in [5.41, 5.74) is 0. The van der Waals surface area contributed by atoms with Gasteiger partial charge in [-0.1, -0.05) is 0 Å². The fourth-order valence-corrected chi connectivity index (χ4v) is 1.48. The van der Waals surface area contributed by atoms with Crippen molar-refractivity contribution in [2.24, 2.45) is 0 Å². The molecule has 86 valence electrons. The second-order valence-corrected chi connectivity index (χ2v) is 3.17. The van der Waals surface area contributed by atoms with Gasteiger partial charge in [-0.2, -0.15) is 0 Å². The van der Waals surface area contributed by atoms with Crippen molar-refractivity contribution in [2.45, 2.75) is 19.1 Å². The highest BCUT2D eigenvalue weighted by Gasteiger charge is 2.29. The van der Waals surface area contributed by atoms with Gasteiger partial charge >= 0.3 is 5.97 Å². The van der Waals surface area contributed by atoms with Gasteiger partial charge in [0.1, 0.15) is 18.2 Å². The summed E-state index contributed by atoms with van der Waals surface area (Å²) in [4.78, 5) is 12.6. The number of nitrogens with zero attached hydrogens (tertiary/aromatic N) is 4. The lowest BCUT2D eigenvalue weighted by atomic mass is 10.2. The summed E-state index contributed by atoms with van der Waals surface area (Å²) in [7, 11) is 1.77. The maximum Gasteiger partial charge on any atom is 0.322 e. The zero-order valence-electron chi connectivity index (χ0n) is 8.03. The number of hydrogen-bond donors (Lipinski definition) is 1. The number of carboxylic acids is 1. The molecule has 0 saturated carbocycles. The van der Waals surface area contributed by atoms with Crippen molar-refractivity contribution in [1.82, 2.24) is 19.7 Å². The van der Waals surface area contributed by atoms with Crippen LogP contribution in [0, 0.1) is 0 Å². The predicted octanol–water partition coefficient (Wildman–Crippen LogP) is 0.0203. The van der Waals surface area contributed by atoms with E-state index in [-0.39, 0.29) is 24.8 Å². The molecule has 8 heteroatoms. The molecule has 1 atom stereocenters. The molecule has 0 aromatic carbocycles. The summed E-state index contributed by atoms with van der Waals surface area (Å²) in [5, 5.41) is 16.5. The molecule has 0 spiro atoms. The molecule has 0 fully saturated rings. The Morgan fingerprint density at radius 2 is 2.27 bits per heavy atom. The molecule has 2 rings (SSSR count). The first kappa shape index (κ1) is 14.2. The van der Waals surface area contributed by atoms with E-state index in [4.69, 9.17) is 5.11 Å². The molecule has 1 aromatic rings. The summed E-state index contributed by atoms with van der Waals surface area (Å²) in [5.74, 6) is 0.0156. The van der Waals surface area contributed by atoms with Crippen molar-refractivity contribution >= 4 is 30.8 Å². The van der Waals surface area contributed by atoms with Crippen LogP contribution in [0.5, 0.6) is 0 Å². The summed E-state index contributed by atoms with van der Waals surface area (Å²) < 4.78 is 1.78. The molecule has 0 radical (unpaired) electrons. The van der Waals surface area contributed by atoms with Gasteiger partial charge in [0.15, 0.2) is 0 Å². The van der Waals surface area contributed by atoms with Crippen LogP contribution < -0.4 is 0 Å². The highest BCUT2D eigenvalue weighted by Crippen LogP contribution is 2.13. The molecule has 2 heterocycles. The summed E-state index contributed by atoms with van der Waals surface area (Å²) in [6, 6.07) is -0.469. The lowest BCUT2D eigenvalue weighted by molar-refractivity contribution is -0.144. The van der Waals surface area contributed by atoms with Crippen LogP contribution in [0.3, 0.4) is 0 Å². The third-order valence-corrected chi connectivity index (χ3v) is 2.27. The van der Waals surface area contributed by atoms with E-state index in [9.17, 15) is 4.79 Å². The Labute approximate surface area is 99.1 Å². The number of hydrogen-bond acceptors (Lipinski definition) is 4. The quantitative estimate of drug-likeness (QED) is 0.766. The second kappa shape index (κ2) is 5.29. The number of halogens is 2. The minimum Gasteiger partial charge on any atom is -0.480 e. The van der Waals surface area contributed by atoms with Gasteiger partial charge < -0.3 is 9.67 Å². The maximum absolute atomic E-state index is 10.8. The molecule has 1 aromatic heterocycles. The molecular formula is C7H12Cl2N4O2. The first-order chi connectivity index (χ1) is 6.18. The number of aromatic nitrogens is 3. The van der Waals surface area contributed by atoms with Crippen molar-refractivity contribution in [2.75, 3.05) is 7.05 Å². The zero-order chi connectivity index (χ0) is 9.42. The van der Waals surface area contributed by atoms with E-state index in [0.29, 0.717) is 13.1 Å². The Bertz CT molecular complexity index is 343. The van der Waals surface area contributed by atoms with E-state index in [0.717, 1.165) is 5.82 Å². The second-order valence-electron chi connectivity index (χ2n) is 3.17. The van der Waals surface area contributed by atoms with Crippen LogP contribution in [0.4, 0.5) is 0 Å². The first-order valence-corrected chi connectivity index (χ1v) is 3.98. The third kappa shape index (κ3) is 2.58. The molecule has 6 nitrogen and oxygen atoms in total. The van der Waals surface area contributed by atoms with Crippen molar-refractivity contribution in [1.29, 1.82) is 0 Å². The minimum atomic E-state index is -0.804. The van der Waals surface area contributed by atoms with E-state index in [2.05, 4.69) is 10.2 Å². The predicted molar refractivity (Wildman–Crippen MR) is 57.4 cm³/mol. The topological polar surface area (TPSA) is 71.2 Å². The number of rotatable bonds is 1. The smallest absolute Gasteiger partial charge is 0.322 e. The van der Waals surface area contributed by atoms with Crippen LogP contribution in [0.1, 0.15) is 5.82 Å². The Morgan fingerprint density at radius 1 is 1.60 bits per heavy atom. The number of carboxylic acid groups (broad SMARTS) is 1. The minimum absolute atomic E-state index is 0. The largest absolute Gasteiger partial charge is 0.480 e. The van der Waals surface area contributed by atoms with Crippen LogP contribution in [0.25, 0.3) is 0 Å². The molecular weight excluding hydrogens is 243 g/mol. The highest BCUT2D eigenvalue weighted by molar-refractivity contribution is 5.85. The van der Waals surface area contributed by atoms with Gasteiger partial charge in [0.05, 0.1) is 13.1 Å². The molecule has 1 aliphatic heterocycles. The molecule has 0 bridgehead atoms. The normalized spacial score (nSPS) is 19.7. The van der Waals surface area contributed by atoms with Gasteiger partial charge in [-0.15, -0.1) is 35.0 Å². The zero-order valence-corrected chi connectivity index (χ0v) is 9.66. The van der Waals surface area contributed by atoms with Crippen LogP contribution >= 0.6 is 24.8 Å². The van der Waals surface area contributed by atoms with Crippen molar-refractivity contribution in [3.05, 3.63) is 12.2 Å². The van der Waals surface area contributed by atoms with Crippen molar-refractivity contribution in [3.8, 4) is 0 Å². The molecule has 1 N–H and O–H groups in total. The highest BCUT2D eigenvalue weighted by atomic mass is 35.5. The summed E-state index contributed by atoms with van der Waals surface area (Å²) in [6.07, 6.45) is 1.57. The summed E-state index contributed by atoms with van der Waals surface area (Å²) >= 11 is 0. The number of likely N-dealkylation sites (N-methyl/N-ethyl adjacent to an activating group) is 1. The monoisotopic (exact) mass is 254 g/mol. The number of fused-ring (bicyclic) bond motifs is 1. The van der Waals surface area contributed by atoms with E-state index in [1.54, 1.807) is 22.8 Å². The lowest BCUT2D eigenvalue weighted by Crippen LogP contribution is -2.45. The van der Waals surface area contributed by atoms with E-state index >= 15 is 0 Å². The van der Waals surface area contributed by atoms with Gasteiger partial charge in [0.25, 0.3) is 0 Å². The van der Waals surface area contributed by atoms with Gasteiger partial charge in [0.2, 0.25) is 0 Å². The van der Waals surface area contributed by atoms with E-state index in [1.807, 2.05) is 0 Å². The number of carbonyl (C=O) groups is 1. The van der Waals surface area contributed by atoms with Gasteiger partial charge in [0, 0.05) is 0 Å². The molecule has 15 heavy (non-hydrogen) atoms. The van der Waals surface area contributed by atoms with Gasteiger partial charge in [-0.3, -0.25) is 9.69 Å². The van der Waals surface area contributed by atoms with Crippen molar-refractivity contribution in [3.63, 3.8) is 0 Å². The van der Waals surface area contributed by atoms with Gasteiger partial charge in [-0.05, 0) is 7.05 Å². The molecule has 0 saturated heterocycles. The Hall–Kier alpha value is -0.850. The molecule has 0 amide bonds. The average Bonchev–Trinajstić information content (AvgIpc) is 2.48. The lowest BCUT2D eigenvalue weighted by Gasteiger charge is -2.29. The third-order valence-electron chi connectivity index (χ3n) is 2.27. The maximum atomic E-state index is 10.8. The fourth-order valence-electron chi connectivity index (χ4n) is 1.48. The first-order valence-electron chi connectivity index (χ1n) is 3.98. The SMILES string of the molecule is CN1Cc2nncn2CC1C(=O)O.Cl.Cl. The number of aliphatic carboxylic acids is 1. The van der Waals surface area contributed by atoms with Crippen molar-refractivity contribution < 1.29 is 9.90 Å². The molecule has 0 aliphatic carbocycles. The van der Waals surface area contributed by atoms with E-state index < -0.39 is 12.0 Å². The summed E-state index contributed by atoms with van der Waals surface area (Å²) in [6.45, 7) is 0.963. The van der Waals surface area contributed by atoms with Crippen LogP contribution in [0.2, 0.25) is 0 Å². The van der Waals surface area contributed by atoms with Gasteiger partial charge in [-0.25, -0.2) is 0 Å².